The highest BCUT2D eigenvalue weighted by atomic mass is 35.5. The highest BCUT2D eigenvalue weighted by Crippen LogP contribution is 2.49. The third-order valence-electron chi connectivity index (χ3n) is 4.32. The molecule has 0 aliphatic carbocycles. The summed E-state index contributed by atoms with van der Waals surface area (Å²) >= 11 is 12.8. The molecule has 0 unspecified atom stereocenters. The number of benzene rings is 1. The molecule has 1 aliphatic heterocycles. The minimum atomic E-state index is -0.110. The van der Waals surface area contributed by atoms with Gasteiger partial charge in [0.2, 0.25) is 0 Å². The Morgan fingerprint density at radius 1 is 1.50 bits per heavy atom. The molecule has 8 heteroatoms. The van der Waals surface area contributed by atoms with Crippen LogP contribution in [0.4, 0.5) is 0 Å². The minimum Gasteiger partial charge on any atom is -0.478 e. The SMILES string of the molecule is N#CCOc1cc(Cl)c(Cl)c2c1c(-c1cn[nH]c1)c1n2CC[C@@H]1N. The summed E-state index contributed by atoms with van der Waals surface area (Å²) in [5, 5.41) is 17.4. The molecule has 0 spiro atoms. The molecule has 0 saturated heterocycles. The summed E-state index contributed by atoms with van der Waals surface area (Å²) in [6, 6.07) is 3.52. The third kappa shape index (κ3) is 2.09. The Morgan fingerprint density at radius 2 is 2.33 bits per heavy atom. The number of aryl methyl sites for hydroxylation is 1. The van der Waals surface area contributed by atoms with Crippen LogP contribution >= 0.6 is 23.2 Å². The van der Waals surface area contributed by atoms with E-state index in [0.717, 1.165) is 40.7 Å². The van der Waals surface area contributed by atoms with Gasteiger partial charge >= 0.3 is 0 Å². The molecule has 0 radical (unpaired) electrons. The number of nitriles is 1. The van der Waals surface area contributed by atoms with Gasteiger partial charge in [-0.3, -0.25) is 5.10 Å². The van der Waals surface area contributed by atoms with Gasteiger partial charge in [-0.2, -0.15) is 10.4 Å². The molecular formula is C16H13Cl2N5O. The van der Waals surface area contributed by atoms with Crippen LogP contribution in [0.2, 0.25) is 10.0 Å². The van der Waals surface area contributed by atoms with Crippen LogP contribution in [-0.2, 0) is 6.54 Å². The maximum atomic E-state index is 8.86. The fraction of sp³-hybridized carbons (Fsp3) is 0.250. The van der Waals surface area contributed by atoms with Crippen LogP contribution in [0.15, 0.2) is 18.5 Å². The maximum Gasteiger partial charge on any atom is 0.174 e. The maximum absolute atomic E-state index is 8.86. The zero-order chi connectivity index (χ0) is 16.8. The van der Waals surface area contributed by atoms with Gasteiger partial charge in [0.1, 0.15) is 11.8 Å². The number of aromatic nitrogens is 3. The summed E-state index contributed by atoms with van der Waals surface area (Å²) in [7, 11) is 0. The molecule has 1 aromatic carbocycles. The van der Waals surface area contributed by atoms with Gasteiger partial charge in [-0.15, -0.1) is 0 Å². The quantitative estimate of drug-likeness (QED) is 0.744. The van der Waals surface area contributed by atoms with Gasteiger partial charge < -0.3 is 15.0 Å². The van der Waals surface area contributed by atoms with Crippen LogP contribution in [0.1, 0.15) is 18.2 Å². The molecule has 3 heterocycles. The highest BCUT2D eigenvalue weighted by molar-refractivity contribution is 6.45. The van der Waals surface area contributed by atoms with E-state index in [1.54, 1.807) is 18.5 Å². The lowest BCUT2D eigenvalue weighted by atomic mass is 10.0. The first-order valence-corrected chi connectivity index (χ1v) is 8.17. The van der Waals surface area contributed by atoms with Crippen molar-refractivity contribution < 1.29 is 4.74 Å². The van der Waals surface area contributed by atoms with E-state index < -0.39 is 0 Å². The van der Waals surface area contributed by atoms with E-state index in [-0.39, 0.29) is 12.6 Å². The summed E-state index contributed by atoms with van der Waals surface area (Å²) in [5.74, 6) is 0.520. The Balaban J connectivity index is 2.14. The number of rotatable bonds is 3. The predicted molar refractivity (Wildman–Crippen MR) is 92.2 cm³/mol. The van der Waals surface area contributed by atoms with E-state index in [0.29, 0.717) is 15.8 Å². The molecule has 122 valence electrons. The highest BCUT2D eigenvalue weighted by Gasteiger charge is 2.32. The number of hydrogen-bond donors (Lipinski definition) is 2. The van der Waals surface area contributed by atoms with Crippen molar-refractivity contribution in [2.24, 2.45) is 5.73 Å². The van der Waals surface area contributed by atoms with Gasteiger partial charge in [0, 0.05) is 41.7 Å². The van der Waals surface area contributed by atoms with E-state index in [1.165, 1.54) is 0 Å². The van der Waals surface area contributed by atoms with Gasteiger partial charge in [-0.25, -0.2) is 0 Å². The second-order valence-electron chi connectivity index (χ2n) is 5.63. The smallest absolute Gasteiger partial charge is 0.174 e. The largest absolute Gasteiger partial charge is 0.478 e. The van der Waals surface area contributed by atoms with Crippen molar-refractivity contribution >= 4 is 34.1 Å². The van der Waals surface area contributed by atoms with Gasteiger partial charge in [0.25, 0.3) is 0 Å². The van der Waals surface area contributed by atoms with Crippen LogP contribution in [0.25, 0.3) is 22.0 Å². The van der Waals surface area contributed by atoms with Crippen molar-refractivity contribution in [1.29, 1.82) is 5.26 Å². The van der Waals surface area contributed by atoms with Crippen LogP contribution in [0, 0.1) is 11.3 Å². The van der Waals surface area contributed by atoms with Crippen molar-refractivity contribution in [3.8, 4) is 22.9 Å². The number of nitrogens with two attached hydrogens (primary N) is 1. The Kier molecular flexibility index (Phi) is 3.65. The first-order valence-electron chi connectivity index (χ1n) is 7.42. The number of aromatic amines is 1. The van der Waals surface area contributed by atoms with Gasteiger partial charge in [-0.1, -0.05) is 23.2 Å². The molecule has 2 aromatic heterocycles. The molecule has 4 rings (SSSR count). The number of H-pyrrole nitrogens is 1. The fourth-order valence-corrected chi connectivity index (χ4v) is 3.83. The predicted octanol–water partition coefficient (Wildman–Crippen LogP) is 3.64. The average molecular weight is 362 g/mol. The zero-order valence-corrected chi connectivity index (χ0v) is 14.0. The molecule has 0 fully saturated rings. The van der Waals surface area contributed by atoms with Gasteiger partial charge in [0.15, 0.2) is 6.61 Å². The first kappa shape index (κ1) is 15.3. The second kappa shape index (κ2) is 5.71. The van der Waals surface area contributed by atoms with Crippen molar-refractivity contribution in [1.82, 2.24) is 14.8 Å². The zero-order valence-electron chi connectivity index (χ0n) is 12.5. The van der Waals surface area contributed by atoms with E-state index in [1.807, 2.05) is 6.07 Å². The summed E-state index contributed by atoms with van der Waals surface area (Å²) in [6.45, 7) is 0.674. The lowest BCUT2D eigenvalue weighted by Crippen LogP contribution is -2.06. The monoisotopic (exact) mass is 361 g/mol. The summed E-state index contributed by atoms with van der Waals surface area (Å²) in [6.07, 6.45) is 4.36. The lowest BCUT2D eigenvalue weighted by molar-refractivity contribution is 0.372. The van der Waals surface area contributed by atoms with Crippen LogP contribution < -0.4 is 10.5 Å². The van der Waals surface area contributed by atoms with E-state index >= 15 is 0 Å². The average Bonchev–Trinajstić information content (AvgIpc) is 3.27. The Morgan fingerprint density at radius 3 is 3.04 bits per heavy atom. The van der Waals surface area contributed by atoms with Crippen molar-refractivity contribution in [2.75, 3.05) is 6.61 Å². The third-order valence-corrected chi connectivity index (χ3v) is 5.10. The van der Waals surface area contributed by atoms with Crippen LogP contribution in [0.3, 0.4) is 0 Å². The van der Waals surface area contributed by atoms with Crippen LogP contribution in [0.5, 0.6) is 5.75 Å². The van der Waals surface area contributed by atoms with Crippen LogP contribution in [-0.4, -0.2) is 21.4 Å². The Hall–Kier alpha value is -2.20. The summed E-state index contributed by atoms with van der Waals surface area (Å²) < 4.78 is 7.72. The molecule has 1 atom stereocenters. The Bertz CT molecular complexity index is 971. The Labute approximate surface area is 147 Å². The number of nitrogens with one attached hydrogen (secondary N) is 1. The number of nitrogens with zero attached hydrogens (tertiary/aromatic N) is 3. The lowest BCUT2D eigenvalue weighted by Gasteiger charge is -2.10. The fourth-order valence-electron chi connectivity index (χ4n) is 3.40. The molecule has 1 aliphatic rings. The molecular weight excluding hydrogens is 349 g/mol. The standard InChI is InChI=1S/C16H13Cl2N5O/c17-9-5-11(24-4-2-19)13-12(8-6-21-22-7-8)15-10(20)1-3-23(15)16(13)14(9)18/h5-7,10H,1,3-4,20H2,(H,21,22)/t10-/m0/s1. The molecule has 3 aromatic rings. The molecule has 0 amide bonds. The summed E-state index contributed by atoms with van der Waals surface area (Å²) in [4.78, 5) is 0. The first-order chi connectivity index (χ1) is 11.6. The number of ether oxygens (including phenoxy) is 1. The van der Waals surface area contributed by atoms with Gasteiger partial charge in [0.05, 0.1) is 27.1 Å². The van der Waals surface area contributed by atoms with Crippen molar-refractivity contribution in [3.05, 3.63) is 34.2 Å². The minimum absolute atomic E-state index is 0.0789. The molecule has 0 bridgehead atoms. The van der Waals surface area contributed by atoms with E-state index in [9.17, 15) is 0 Å². The summed E-state index contributed by atoms with van der Waals surface area (Å²) in [5.41, 5.74) is 9.93. The van der Waals surface area contributed by atoms with Gasteiger partial charge in [-0.05, 0) is 6.42 Å². The second-order valence-corrected chi connectivity index (χ2v) is 6.42. The molecule has 6 nitrogen and oxygen atoms in total. The van der Waals surface area contributed by atoms with Crippen molar-refractivity contribution in [2.45, 2.75) is 19.0 Å². The molecule has 3 N–H and O–H groups in total. The van der Waals surface area contributed by atoms with E-state index in [4.69, 9.17) is 38.9 Å². The number of fused-ring (bicyclic) bond motifs is 3. The molecule has 0 saturated carbocycles. The normalized spacial score (nSPS) is 16.3. The van der Waals surface area contributed by atoms with Crippen molar-refractivity contribution in [3.63, 3.8) is 0 Å². The number of halogens is 2. The van der Waals surface area contributed by atoms with E-state index in [2.05, 4.69) is 14.8 Å². The number of hydrogen-bond acceptors (Lipinski definition) is 4. The topological polar surface area (TPSA) is 92.6 Å². The molecule has 24 heavy (non-hydrogen) atoms.